The van der Waals surface area contributed by atoms with E-state index in [0.717, 1.165) is 34.0 Å². The summed E-state index contributed by atoms with van der Waals surface area (Å²) in [7, 11) is 1.53. The summed E-state index contributed by atoms with van der Waals surface area (Å²) in [5.74, 6) is 0.237. The molecule has 0 aliphatic carbocycles. The van der Waals surface area contributed by atoms with Crippen molar-refractivity contribution in [3.8, 4) is 17.0 Å². The van der Waals surface area contributed by atoms with E-state index in [9.17, 15) is 18.0 Å². The molecular weight excluding hydrogens is 417 g/mol. The van der Waals surface area contributed by atoms with Crippen LogP contribution in [0.25, 0.3) is 21.9 Å². The molecule has 0 bridgehead atoms. The highest BCUT2D eigenvalue weighted by Gasteiger charge is 2.30. The molecule has 1 amide bonds. The molecule has 162 valence electrons. The molecule has 0 unspecified atom stereocenters. The standard InChI is InChI=1S/C25H19F3N2O2/c1-32-23-13-16(11-12-29-23)15-30-24(31)19-7-10-22-18(14-19)3-2-4-21(22)17-5-8-20(9-6-17)25(26,27)28/h2-14H,15H2,1H3,(H,30,31). The molecule has 0 saturated carbocycles. The first-order valence-corrected chi connectivity index (χ1v) is 9.83. The minimum absolute atomic E-state index is 0.234. The number of pyridine rings is 1. The van der Waals surface area contributed by atoms with Crippen molar-refractivity contribution in [1.82, 2.24) is 10.3 Å². The fraction of sp³-hybridized carbons (Fsp3) is 0.120. The Bertz CT molecular complexity index is 1270. The Kier molecular flexibility index (Phi) is 5.81. The Morgan fingerprint density at radius 1 is 1.00 bits per heavy atom. The normalized spacial score (nSPS) is 11.4. The van der Waals surface area contributed by atoms with Gasteiger partial charge in [-0.3, -0.25) is 4.79 Å². The number of halogens is 3. The van der Waals surface area contributed by atoms with Crippen LogP contribution in [0.5, 0.6) is 5.88 Å². The molecule has 7 heteroatoms. The Morgan fingerprint density at radius 2 is 1.78 bits per heavy atom. The number of carbonyl (C=O) groups is 1. The highest BCUT2D eigenvalue weighted by molar-refractivity contribution is 6.02. The van der Waals surface area contributed by atoms with Crippen LogP contribution in [0, 0.1) is 0 Å². The summed E-state index contributed by atoms with van der Waals surface area (Å²) >= 11 is 0. The first-order chi connectivity index (χ1) is 15.3. The molecule has 0 saturated heterocycles. The van der Waals surface area contributed by atoms with Gasteiger partial charge >= 0.3 is 6.18 Å². The van der Waals surface area contributed by atoms with Gasteiger partial charge in [-0.25, -0.2) is 4.98 Å². The van der Waals surface area contributed by atoms with Crippen molar-refractivity contribution in [2.45, 2.75) is 12.7 Å². The predicted molar refractivity (Wildman–Crippen MR) is 116 cm³/mol. The van der Waals surface area contributed by atoms with E-state index in [-0.39, 0.29) is 5.91 Å². The largest absolute Gasteiger partial charge is 0.481 e. The summed E-state index contributed by atoms with van der Waals surface area (Å²) < 4.78 is 43.7. The average molecular weight is 436 g/mol. The molecule has 0 spiro atoms. The zero-order valence-electron chi connectivity index (χ0n) is 17.1. The average Bonchev–Trinajstić information content (AvgIpc) is 2.81. The Balaban J connectivity index is 1.56. The van der Waals surface area contributed by atoms with E-state index >= 15 is 0 Å². The molecule has 4 aromatic rings. The molecule has 1 N–H and O–H groups in total. The zero-order valence-corrected chi connectivity index (χ0v) is 17.1. The third-order valence-corrected chi connectivity index (χ3v) is 5.13. The number of aromatic nitrogens is 1. The summed E-state index contributed by atoms with van der Waals surface area (Å²) in [6, 6.07) is 19.4. The van der Waals surface area contributed by atoms with Crippen LogP contribution in [0.1, 0.15) is 21.5 Å². The topological polar surface area (TPSA) is 51.2 Å². The van der Waals surface area contributed by atoms with Gasteiger partial charge in [0.2, 0.25) is 5.88 Å². The first-order valence-electron chi connectivity index (χ1n) is 9.83. The SMILES string of the molecule is COc1cc(CNC(=O)c2ccc3c(-c4ccc(C(F)(F)F)cc4)cccc3c2)ccn1. The van der Waals surface area contributed by atoms with Crippen LogP contribution < -0.4 is 10.1 Å². The van der Waals surface area contributed by atoms with Gasteiger partial charge in [0, 0.05) is 24.4 Å². The molecule has 0 fully saturated rings. The Labute approximate surface area is 182 Å². The number of fused-ring (bicyclic) bond motifs is 1. The van der Waals surface area contributed by atoms with Crippen LogP contribution in [0.2, 0.25) is 0 Å². The monoisotopic (exact) mass is 436 g/mol. The number of benzene rings is 3. The number of hydrogen-bond acceptors (Lipinski definition) is 3. The van der Waals surface area contributed by atoms with Crippen molar-refractivity contribution < 1.29 is 22.7 Å². The number of carbonyl (C=O) groups excluding carboxylic acids is 1. The lowest BCUT2D eigenvalue weighted by atomic mass is 9.96. The predicted octanol–water partition coefficient (Wildman–Crippen LogP) is 5.86. The van der Waals surface area contributed by atoms with E-state index in [0.29, 0.717) is 23.6 Å². The number of nitrogens with one attached hydrogen (secondary N) is 1. The van der Waals surface area contributed by atoms with Crippen molar-refractivity contribution in [2.24, 2.45) is 0 Å². The molecule has 4 rings (SSSR count). The van der Waals surface area contributed by atoms with Gasteiger partial charge in [-0.15, -0.1) is 0 Å². The van der Waals surface area contributed by atoms with E-state index in [1.165, 1.54) is 19.2 Å². The van der Waals surface area contributed by atoms with Crippen LogP contribution in [-0.4, -0.2) is 18.0 Å². The molecule has 32 heavy (non-hydrogen) atoms. The lowest BCUT2D eigenvalue weighted by molar-refractivity contribution is -0.137. The summed E-state index contributed by atoms with van der Waals surface area (Å²) in [5.41, 5.74) is 2.13. The second-order valence-electron chi connectivity index (χ2n) is 7.21. The molecule has 0 aliphatic rings. The quantitative estimate of drug-likeness (QED) is 0.426. The van der Waals surface area contributed by atoms with Crippen molar-refractivity contribution in [1.29, 1.82) is 0 Å². The summed E-state index contributed by atoms with van der Waals surface area (Å²) in [6.07, 6.45) is -2.76. The summed E-state index contributed by atoms with van der Waals surface area (Å²) in [4.78, 5) is 16.7. The fourth-order valence-electron chi connectivity index (χ4n) is 3.47. The minimum Gasteiger partial charge on any atom is -0.481 e. The zero-order chi connectivity index (χ0) is 22.7. The van der Waals surface area contributed by atoms with Gasteiger partial charge in [-0.2, -0.15) is 13.2 Å². The summed E-state index contributed by atoms with van der Waals surface area (Å²) in [5, 5.41) is 4.54. The molecule has 1 heterocycles. The van der Waals surface area contributed by atoms with Gasteiger partial charge in [-0.1, -0.05) is 36.4 Å². The Hall–Kier alpha value is -3.87. The second-order valence-corrected chi connectivity index (χ2v) is 7.21. The van der Waals surface area contributed by atoms with Gasteiger partial charge < -0.3 is 10.1 Å². The van der Waals surface area contributed by atoms with Crippen LogP contribution in [-0.2, 0) is 12.7 Å². The molecule has 4 nitrogen and oxygen atoms in total. The van der Waals surface area contributed by atoms with Gasteiger partial charge in [0.1, 0.15) is 0 Å². The van der Waals surface area contributed by atoms with E-state index in [2.05, 4.69) is 10.3 Å². The van der Waals surface area contributed by atoms with E-state index in [1.807, 2.05) is 24.3 Å². The van der Waals surface area contributed by atoms with E-state index in [1.54, 1.807) is 30.5 Å². The van der Waals surface area contributed by atoms with Gasteiger partial charge in [0.05, 0.1) is 12.7 Å². The minimum atomic E-state index is -4.37. The van der Waals surface area contributed by atoms with E-state index in [4.69, 9.17) is 4.74 Å². The molecule has 0 radical (unpaired) electrons. The van der Waals surface area contributed by atoms with Crippen molar-refractivity contribution >= 4 is 16.7 Å². The smallest absolute Gasteiger partial charge is 0.416 e. The number of rotatable bonds is 5. The summed E-state index contributed by atoms with van der Waals surface area (Å²) in [6.45, 7) is 0.321. The third-order valence-electron chi connectivity index (χ3n) is 5.13. The number of amides is 1. The number of methoxy groups -OCH3 is 1. The molecular formula is C25H19F3N2O2. The lowest BCUT2D eigenvalue weighted by Gasteiger charge is -2.11. The number of ether oxygens (including phenoxy) is 1. The molecule has 0 aliphatic heterocycles. The number of alkyl halides is 3. The van der Waals surface area contributed by atoms with Crippen LogP contribution in [0.15, 0.2) is 79.0 Å². The fourth-order valence-corrected chi connectivity index (χ4v) is 3.47. The Morgan fingerprint density at radius 3 is 2.50 bits per heavy atom. The van der Waals surface area contributed by atoms with Gasteiger partial charge in [-0.05, 0) is 57.8 Å². The second kappa shape index (κ2) is 8.70. The maximum atomic E-state index is 12.9. The number of hydrogen-bond donors (Lipinski definition) is 1. The van der Waals surface area contributed by atoms with Crippen molar-refractivity contribution in [3.63, 3.8) is 0 Å². The maximum absolute atomic E-state index is 12.9. The third kappa shape index (κ3) is 4.56. The van der Waals surface area contributed by atoms with Crippen LogP contribution >= 0.6 is 0 Å². The molecule has 0 atom stereocenters. The maximum Gasteiger partial charge on any atom is 0.416 e. The molecule has 3 aromatic carbocycles. The van der Waals surface area contributed by atoms with Crippen LogP contribution in [0.3, 0.4) is 0 Å². The first kappa shape index (κ1) is 21.4. The molecule has 1 aromatic heterocycles. The highest BCUT2D eigenvalue weighted by atomic mass is 19.4. The van der Waals surface area contributed by atoms with Crippen molar-refractivity contribution in [2.75, 3.05) is 7.11 Å². The highest BCUT2D eigenvalue weighted by Crippen LogP contribution is 2.33. The van der Waals surface area contributed by atoms with Gasteiger partial charge in [0.25, 0.3) is 5.91 Å². The van der Waals surface area contributed by atoms with Crippen molar-refractivity contribution in [3.05, 3.63) is 95.7 Å². The van der Waals surface area contributed by atoms with Crippen LogP contribution in [0.4, 0.5) is 13.2 Å². The van der Waals surface area contributed by atoms with Gasteiger partial charge in [0.15, 0.2) is 0 Å². The van der Waals surface area contributed by atoms with E-state index < -0.39 is 11.7 Å². The lowest BCUT2D eigenvalue weighted by Crippen LogP contribution is -2.22. The number of nitrogens with zero attached hydrogens (tertiary/aromatic N) is 1.